The molecule has 0 aliphatic heterocycles. The molecule has 0 saturated heterocycles. The predicted octanol–water partition coefficient (Wildman–Crippen LogP) is -3.35. The second-order valence-corrected chi connectivity index (χ2v) is 1.69. The maximum Gasteiger partial charge on any atom is 2.00 e. The summed E-state index contributed by atoms with van der Waals surface area (Å²) in [5.41, 5.74) is 0. The Balaban J connectivity index is -0.000000143. The Labute approximate surface area is 84.4 Å². The number of ketones is 2. The van der Waals surface area contributed by atoms with E-state index in [0.29, 0.717) is 0 Å². The van der Waals surface area contributed by atoms with Gasteiger partial charge in [0.05, 0.1) is 0 Å². The quantitative estimate of drug-likeness (QED) is 0.361. The molecule has 7 heteroatoms. The molecule has 0 rings (SSSR count). The summed E-state index contributed by atoms with van der Waals surface area (Å²) in [6.07, 6.45) is 0. The Kier molecular flexibility index (Phi) is 12.2. The van der Waals surface area contributed by atoms with Gasteiger partial charge in [-0.1, -0.05) is 0 Å². The fraction of sp³-hybridized carbons (Fsp3) is 0.333. The van der Waals surface area contributed by atoms with Gasteiger partial charge in [0.1, 0.15) is 11.9 Å². The maximum atomic E-state index is 9.48. The van der Waals surface area contributed by atoms with E-state index in [4.69, 9.17) is 0 Å². The summed E-state index contributed by atoms with van der Waals surface area (Å²) in [6, 6.07) is 0. The van der Waals surface area contributed by atoms with E-state index < -0.39 is 23.5 Å². The van der Waals surface area contributed by atoms with Crippen LogP contribution in [0.5, 0.6) is 0 Å². The van der Waals surface area contributed by atoms with Gasteiger partial charge in [-0.3, -0.25) is 9.59 Å². The molecule has 0 aliphatic carbocycles. The number of aliphatic carboxylic acids is 2. The molecule has 0 atom stereocenters. The van der Waals surface area contributed by atoms with Gasteiger partial charge in [-0.15, -0.1) is 0 Å². The molecule has 0 aromatic heterocycles. The molecule has 0 amide bonds. The first-order chi connectivity index (χ1) is 5.29. The zero-order valence-corrected chi connectivity index (χ0v) is 8.01. The molecule has 0 spiro atoms. The van der Waals surface area contributed by atoms with Crippen molar-refractivity contribution in [1.82, 2.24) is 0 Å². The molecule has 73 valence electrons. The first kappa shape index (κ1) is 17.8. The molecule has 0 aromatic rings. The molecule has 0 bridgehead atoms. The van der Waals surface area contributed by atoms with Crippen molar-refractivity contribution in [1.29, 1.82) is 0 Å². The third-order valence-corrected chi connectivity index (χ3v) is 0.575. The monoisotopic (exact) mass is 229 g/mol. The number of carbonyl (C=O) groups excluding carboxylic acids is 4. The van der Waals surface area contributed by atoms with Crippen molar-refractivity contribution in [2.45, 2.75) is 13.8 Å². The Bertz CT molecular complexity index is 173. The van der Waals surface area contributed by atoms with Crippen LogP contribution in [0.3, 0.4) is 0 Å². The minimum Gasteiger partial charge on any atom is -0.542 e. The number of carboxylic acid groups (broad SMARTS) is 2. The Morgan fingerprint density at radius 3 is 0.846 bits per heavy atom. The minimum atomic E-state index is -1.63. The van der Waals surface area contributed by atoms with Gasteiger partial charge in [0, 0.05) is 13.8 Å². The first-order valence-corrected chi connectivity index (χ1v) is 2.72. The van der Waals surface area contributed by atoms with Crippen LogP contribution in [0.1, 0.15) is 13.8 Å². The van der Waals surface area contributed by atoms with Crippen molar-refractivity contribution in [2.75, 3.05) is 0 Å². The summed E-state index contributed by atoms with van der Waals surface area (Å²) in [5.74, 6) is -5.13. The molecule has 0 unspecified atom stereocenters. The second kappa shape index (κ2) is 8.89. The topological polar surface area (TPSA) is 114 Å². The SMILES string of the molecule is CC(=O)C(=O)[O-].CC(=O)C(=O)[O-].[Mn+2]. The van der Waals surface area contributed by atoms with Gasteiger partial charge in [0.25, 0.3) is 0 Å². The van der Waals surface area contributed by atoms with Crippen molar-refractivity contribution in [2.24, 2.45) is 0 Å². The summed E-state index contributed by atoms with van der Waals surface area (Å²) < 4.78 is 0. The number of rotatable bonds is 2. The third-order valence-electron chi connectivity index (χ3n) is 0.575. The van der Waals surface area contributed by atoms with Crippen LogP contribution in [0.25, 0.3) is 0 Å². The van der Waals surface area contributed by atoms with E-state index in [1.807, 2.05) is 0 Å². The van der Waals surface area contributed by atoms with E-state index in [-0.39, 0.29) is 17.1 Å². The average Bonchev–Trinajstić information content (AvgIpc) is 1.88. The molecule has 0 aliphatic rings. The number of hydrogen-bond donors (Lipinski definition) is 0. The van der Waals surface area contributed by atoms with Gasteiger partial charge in [0.15, 0.2) is 11.6 Å². The zero-order chi connectivity index (χ0) is 10.3. The van der Waals surface area contributed by atoms with Crippen molar-refractivity contribution in [3.05, 3.63) is 0 Å². The van der Waals surface area contributed by atoms with Crippen LogP contribution in [-0.4, -0.2) is 23.5 Å². The number of carboxylic acids is 2. The van der Waals surface area contributed by atoms with Gasteiger partial charge < -0.3 is 19.8 Å². The van der Waals surface area contributed by atoms with Crippen molar-refractivity contribution in [3.8, 4) is 0 Å². The molecular formula is C6H6MnO6. The summed E-state index contributed by atoms with van der Waals surface area (Å²) in [4.78, 5) is 37.4. The number of carbonyl (C=O) groups is 4. The number of hydrogen-bond acceptors (Lipinski definition) is 6. The van der Waals surface area contributed by atoms with Crippen LogP contribution in [-0.2, 0) is 36.2 Å². The molecule has 0 fully saturated rings. The standard InChI is InChI=1S/2C3H4O3.Mn/c2*1-2(4)3(5)6;/h2*1H3,(H,5,6);/q;;+2/p-2. The van der Waals surface area contributed by atoms with Crippen molar-refractivity contribution in [3.63, 3.8) is 0 Å². The maximum absolute atomic E-state index is 9.48. The Morgan fingerprint density at radius 1 is 0.769 bits per heavy atom. The summed E-state index contributed by atoms with van der Waals surface area (Å²) in [6.45, 7) is 1.88. The molecule has 0 saturated carbocycles. The predicted molar refractivity (Wildman–Crippen MR) is 31.4 cm³/mol. The average molecular weight is 229 g/mol. The van der Waals surface area contributed by atoms with E-state index >= 15 is 0 Å². The molecule has 13 heavy (non-hydrogen) atoms. The Hall–Kier alpha value is -1.20. The number of Topliss-reactive ketones (excluding diaryl/α,β-unsaturated/α-hetero) is 2. The largest absolute Gasteiger partial charge is 2.00 e. The molecule has 0 N–H and O–H groups in total. The van der Waals surface area contributed by atoms with Crippen LogP contribution in [0.2, 0.25) is 0 Å². The van der Waals surface area contributed by atoms with Crippen LogP contribution < -0.4 is 10.2 Å². The van der Waals surface area contributed by atoms with Gasteiger partial charge in [-0.05, 0) is 0 Å². The van der Waals surface area contributed by atoms with Crippen LogP contribution >= 0.6 is 0 Å². The minimum absolute atomic E-state index is 0. The normalized spacial score (nSPS) is 6.92. The third kappa shape index (κ3) is 18.1. The molecule has 6 nitrogen and oxygen atoms in total. The van der Waals surface area contributed by atoms with Gasteiger partial charge >= 0.3 is 17.1 Å². The smallest absolute Gasteiger partial charge is 0.542 e. The second-order valence-electron chi connectivity index (χ2n) is 1.69. The van der Waals surface area contributed by atoms with Crippen LogP contribution in [0, 0.1) is 0 Å². The summed E-state index contributed by atoms with van der Waals surface area (Å²) in [5, 5.41) is 18.5. The van der Waals surface area contributed by atoms with E-state index in [0.717, 1.165) is 13.8 Å². The van der Waals surface area contributed by atoms with Gasteiger partial charge in [0.2, 0.25) is 0 Å². The van der Waals surface area contributed by atoms with Gasteiger partial charge in [-0.25, -0.2) is 0 Å². The fourth-order valence-corrected chi connectivity index (χ4v) is 0. The molecule has 0 heterocycles. The van der Waals surface area contributed by atoms with E-state index in [2.05, 4.69) is 0 Å². The van der Waals surface area contributed by atoms with E-state index in [1.165, 1.54) is 0 Å². The van der Waals surface area contributed by atoms with Crippen molar-refractivity contribution >= 4 is 23.5 Å². The molecular weight excluding hydrogens is 223 g/mol. The zero-order valence-electron chi connectivity index (χ0n) is 6.83. The van der Waals surface area contributed by atoms with E-state index in [9.17, 15) is 29.4 Å². The molecule has 0 aromatic carbocycles. The Morgan fingerprint density at radius 2 is 0.846 bits per heavy atom. The van der Waals surface area contributed by atoms with Crippen LogP contribution in [0.4, 0.5) is 0 Å². The van der Waals surface area contributed by atoms with Crippen molar-refractivity contribution < 1.29 is 46.5 Å². The fourth-order valence-electron chi connectivity index (χ4n) is 0. The summed E-state index contributed by atoms with van der Waals surface area (Å²) >= 11 is 0. The van der Waals surface area contributed by atoms with Crippen LogP contribution in [0.15, 0.2) is 0 Å². The summed E-state index contributed by atoms with van der Waals surface area (Å²) in [7, 11) is 0. The first-order valence-electron chi connectivity index (χ1n) is 2.72. The molecule has 1 radical (unpaired) electrons. The van der Waals surface area contributed by atoms with Gasteiger partial charge in [-0.2, -0.15) is 0 Å². The van der Waals surface area contributed by atoms with E-state index in [1.54, 1.807) is 0 Å².